The van der Waals surface area contributed by atoms with E-state index in [0.29, 0.717) is 11.5 Å². The third kappa shape index (κ3) is 2.76. The number of hydrogen-bond acceptors (Lipinski definition) is 5. The molecule has 7 nitrogen and oxygen atoms in total. The lowest BCUT2D eigenvalue weighted by molar-refractivity contribution is 0.296. The predicted molar refractivity (Wildman–Crippen MR) is 114 cm³/mol. The summed E-state index contributed by atoms with van der Waals surface area (Å²) < 4.78 is 9.40. The molecule has 6 rings (SSSR count). The summed E-state index contributed by atoms with van der Waals surface area (Å²) in [6.45, 7) is 0.272. The van der Waals surface area contributed by atoms with Crippen LogP contribution in [-0.4, -0.2) is 29.4 Å². The molecule has 0 N–H and O–H groups in total. The minimum absolute atomic E-state index is 0.272. The maximum Gasteiger partial charge on any atom is 0.189 e. The van der Waals surface area contributed by atoms with Gasteiger partial charge in [-0.25, -0.2) is 19.2 Å². The summed E-state index contributed by atoms with van der Waals surface area (Å²) in [6.07, 6.45) is 3.43. The molecule has 30 heavy (non-hydrogen) atoms. The van der Waals surface area contributed by atoms with Gasteiger partial charge < -0.3 is 4.74 Å². The van der Waals surface area contributed by atoms with E-state index in [9.17, 15) is 0 Å². The molecule has 0 aliphatic carbocycles. The molecule has 6 aromatic rings. The average molecular weight is 392 g/mol. The average Bonchev–Trinajstić information content (AvgIpc) is 3.42. The van der Waals surface area contributed by atoms with E-state index >= 15 is 0 Å². The van der Waals surface area contributed by atoms with Crippen molar-refractivity contribution >= 4 is 27.5 Å². The summed E-state index contributed by atoms with van der Waals surface area (Å²) in [5.74, 6) is 1.37. The predicted octanol–water partition coefficient (Wildman–Crippen LogP) is 4.20. The van der Waals surface area contributed by atoms with Gasteiger partial charge in [0.2, 0.25) is 0 Å². The van der Waals surface area contributed by atoms with Crippen molar-refractivity contribution in [2.45, 2.75) is 6.61 Å². The molecule has 0 radical (unpaired) electrons. The third-order valence-corrected chi connectivity index (χ3v) is 5.04. The molecule has 3 aromatic heterocycles. The van der Waals surface area contributed by atoms with E-state index in [1.807, 2.05) is 60.7 Å². The highest BCUT2D eigenvalue weighted by atomic mass is 16.5. The molecule has 0 aliphatic heterocycles. The van der Waals surface area contributed by atoms with Gasteiger partial charge in [-0.2, -0.15) is 5.10 Å². The maximum atomic E-state index is 5.94. The van der Waals surface area contributed by atoms with Gasteiger partial charge in [0.05, 0.1) is 17.3 Å². The topological polar surface area (TPSA) is 70.1 Å². The Morgan fingerprint density at radius 1 is 0.833 bits per heavy atom. The Morgan fingerprint density at radius 2 is 1.67 bits per heavy atom. The lowest BCUT2D eigenvalue weighted by atomic mass is 10.1. The van der Waals surface area contributed by atoms with E-state index in [-0.39, 0.29) is 6.61 Å². The zero-order valence-corrected chi connectivity index (χ0v) is 15.9. The highest BCUT2D eigenvalue weighted by Gasteiger charge is 2.13. The van der Waals surface area contributed by atoms with Crippen LogP contribution >= 0.6 is 0 Å². The number of rotatable bonds is 4. The number of aromatic nitrogens is 6. The molecule has 0 aliphatic rings. The van der Waals surface area contributed by atoms with E-state index in [4.69, 9.17) is 4.74 Å². The highest BCUT2D eigenvalue weighted by Crippen LogP contribution is 2.22. The van der Waals surface area contributed by atoms with Crippen LogP contribution in [0.4, 0.5) is 0 Å². The molecule has 0 saturated heterocycles. The summed E-state index contributed by atoms with van der Waals surface area (Å²) >= 11 is 0. The Bertz CT molecular complexity index is 1500. The summed E-state index contributed by atoms with van der Waals surface area (Å²) in [5.41, 5.74) is 2.39. The molecule has 0 atom stereocenters. The van der Waals surface area contributed by atoms with Crippen LogP contribution in [0, 0.1) is 0 Å². The molecule has 3 aromatic carbocycles. The first-order valence-corrected chi connectivity index (χ1v) is 9.60. The standard InChI is InChI=1S/C23H16N6O/c1-2-8-18(9-3-1)29-22-20(13-25-29)23-26-21(27-28(23)15-24-22)14-30-19-11-10-16-6-4-5-7-17(16)12-19/h1-13,15H,14H2. The summed E-state index contributed by atoms with van der Waals surface area (Å²) in [5, 5.41) is 12.1. The normalized spacial score (nSPS) is 11.5. The molecule has 7 heteroatoms. The number of benzene rings is 3. The van der Waals surface area contributed by atoms with Crippen molar-refractivity contribution in [1.82, 2.24) is 29.4 Å². The van der Waals surface area contributed by atoms with E-state index < -0.39 is 0 Å². The molecule has 0 unspecified atom stereocenters. The van der Waals surface area contributed by atoms with Gasteiger partial charge in [-0.15, -0.1) is 5.10 Å². The number of nitrogens with zero attached hydrogens (tertiary/aromatic N) is 6. The number of hydrogen-bond donors (Lipinski definition) is 0. The number of para-hydroxylation sites is 1. The zero-order chi connectivity index (χ0) is 19.9. The summed E-state index contributed by atoms with van der Waals surface area (Å²) in [4.78, 5) is 9.19. The fraction of sp³-hybridized carbons (Fsp3) is 0.0435. The van der Waals surface area contributed by atoms with E-state index in [1.165, 1.54) is 5.39 Å². The van der Waals surface area contributed by atoms with Crippen LogP contribution in [0.1, 0.15) is 5.82 Å². The Hall–Kier alpha value is -4.26. The van der Waals surface area contributed by atoms with E-state index in [0.717, 1.165) is 27.9 Å². The second-order valence-electron chi connectivity index (χ2n) is 6.97. The molecule has 3 heterocycles. The van der Waals surface area contributed by atoms with Gasteiger partial charge >= 0.3 is 0 Å². The number of fused-ring (bicyclic) bond motifs is 4. The fourth-order valence-corrected chi connectivity index (χ4v) is 3.59. The smallest absolute Gasteiger partial charge is 0.189 e. The monoisotopic (exact) mass is 392 g/mol. The van der Waals surface area contributed by atoms with Crippen molar-refractivity contribution in [3.63, 3.8) is 0 Å². The van der Waals surface area contributed by atoms with Gasteiger partial charge in [0.15, 0.2) is 17.1 Å². The SMILES string of the molecule is c1ccc(-n2ncc3c2ncn2nc(COc4ccc5ccccc5c4)nc32)cc1. The van der Waals surface area contributed by atoms with Crippen LogP contribution in [0.3, 0.4) is 0 Å². The van der Waals surface area contributed by atoms with Crippen LogP contribution in [0.25, 0.3) is 33.1 Å². The minimum atomic E-state index is 0.272. The van der Waals surface area contributed by atoms with Crippen molar-refractivity contribution in [1.29, 1.82) is 0 Å². The second kappa shape index (κ2) is 6.66. The van der Waals surface area contributed by atoms with E-state index in [2.05, 4.69) is 32.3 Å². The maximum absolute atomic E-state index is 5.94. The molecular formula is C23H16N6O. The Balaban J connectivity index is 1.32. The summed E-state index contributed by atoms with van der Waals surface area (Å²) in [7, 11) is 0. The van der Waals surface area contributed by atoms with Gasteiger partial charge in [-0.1, -0.05) is 48.5 Å². The van der Waals surface area contributed by atoms with Crippen LogP contribution in [0.15, 0.2) is 85.3 Å². The molecule has 0 saturated carbocycles. The number of ether oxygens (including phenoxy) is 1. The fourth-order valence-electron chi connectivity index (χ4n) is 3.59. The lowest BCUT2D eigenvalue weighted by Gasteiger charge is -2.05. The first-order chi connectivity index (χ1) is 14.8. The first kappa shape index (κ1) is 16.7. The van der Waals surface area contributed by atoms with Gasteiger partial charge in [0, 0.05) is 0 Å². The van der Waals surface area contributed by atoms with Crippen LogP contribution in [-0.2, 0) is 6.61 Å². The molecule has 0 fully saturated rings. The van der Waals surface area contributed by atoms with Crippen molar-refractivity contribution in [2.75, 3.05) is 0 Å². The van der Waals surface area contributed by atoms with Crippen LogP contribution in [0.2, 0.25) is 0 Å². The van der Waals surface area contributed by atoms with Crippen molar-refractivity contribution < 1.29 is 4.74 Å². The largest absolute Gasteiger partial charge is 0.486 e. The molecule has 0 spiro atoms. The molecule has 0 bridgehead atoms. The van der Waals surface area contributed by atoms with Crippen LogP contribution < -0.4 is 4.74 Å². The molecule has 144 valence electrons. The zero-order valence-electron chi connectivity index (χ0n) is 15.9. The van der Waals surface area contributed by atoms with Crippen molar-refractivity contribution in [2.24, 2.45) is 0 Å². The molecular weight excluding hydrogens is 376 g/mol. The van der Waals surface area contributed by atoms with E-state index in [1.54, 1.807) is 21.7 Å². The van der Waals surface area contributed by atoms with Gasteiger partial charge in [-0.3, -0.25) is 0 Å². The third-order valence-electron chi connectivity index (χ3n) is 5.04. The quantitative estimate of drug-likeness (QED) is 0.450. The first-order valence-electron chi connectivity index (χ1n) is 9.60. The minimum Gasteiger partial charge on any atom is -0.486 e. The van der Waals surface area contributed by atoms with Crippen molar-refractivity contribution in [3.8, 4) is 11.4 Å². The Morgan fingerprint density at radius 3 is 2.57 bits per heavy atom. The van der Waals surface area contributed by atoms with Gasteiger partial charge in [-0.05, 0) is 35.0 Å². The Kier molecular flexibility index (Phi) is 3.70. The van der Waals surface area contributed by atoms with Crippen LogP contribution in [0.5, 0.6) is 5.75 Å². The van der Waals surface area contributed by atoms with Gasteiger partial charge in [0.1, 0.15) is 18.7 Å². The highest BCUT2D eigenvalue weighted by molar-refractivity contribution is 5.89. The Labute approximate surface area is 171 Å². The van der Waals surface area contributed by atoms with Gasteiger partial charge in [0.25, 0.3) is 0 Å². The summed E-state index contributed by atoms with van der Waals surface area (Å²) in [6, 6.07) is 24.1. The second-order valence-corrected chi connectivity index (χ2v) is 6.97. The molecule has 0 amide bonds. The lowest BCUT2D eigenvalue weighted by Crippen LogP contribution is -1.99. The van der Waals surface area contributed by atoms with Crippen molar-refractivity contribution in [3.05, 3.63) is 91.1 Å².